The quantitative estimate of drug-likeness (QED) is 0.509. The predicted octanol–water partition coefficient (Wildman–Crippen LogP) is 3.82. The van der Waals surface area contributed by atoms with Crippen LogP contribution in [0.5, 0.6) is 5.75 Å². The lowest BCUT2D eigenvalue weighted by Crippen LogP contribution is -2.38. The number of nitrogens with zero attached hydrogens (tertiary/aromatic N) is 2. The average molecular weight is 414 g/mol. The van der Waals surface area contributed by atoms with Gasteiger partial charge in [-0.25, -0.2) is 4.98 Å². The number of aromatic nitrogens is 1. The Morgan fingerprint density at radius 3 is 2.68 bits per heavy atom. The molecular weight excluding hydrogens is 389 g/mol. The minimum absolute atomic E-state index is 0.360. The molecule has 5 nitrogen and oxygen atoms in total. The van der Waals surface area contributed by atoms with Crippen molar-refractivity contribution in [3.05, 3.63) is 45.4 Å². The van der Waals surface area contributed by atoms with Crippen LogP contribution in [-0.4, -0.2) is 37.7 Å². The van der Waals surface area contributed by atoms with Gasteiger partial charge in [0.2, 0.25) is 0 Å². The van der Waals surface area contributed by atoms with Crippen molar-refractivity contribution in [2.45, 2.75) is 32.9 Å². The molecule has 0 aliphatic carbocycles. The number of ether oxygens (including phenoxy) is 1. The lowest BCUT2D eigenvalue weighted by molar-refractivity contribution is -0.140. The van der Waals surface area contributed by atoms with Crippen molar-refractivity contribution >= 4 is 17.3 Å². The number of aryl methyl sites for hydroxylation is 1. The van der Waals surface area contributed by atoms with E-state index >= 15 is 0 Å². The molecule has 1 aromatic carbocycles. The van der Waals surface area contributed by atoms with Crippen LogP contribution < -0.4 is 15.4 Å². The van der Waals surface area contributed by atoms with Gasteiger partial charge in [0.15, 0.2) is 11.7 Å². The number of methoxy groups -OCH3 is 1. The van der Waals surface area contributed by atoms with Gasteiger partial charge < -0.3 is 15.4 Å². The zero-order valence-electron chi connectivity index (χ0n) is 16.2. The monoisotopic (exact) mass is 414 g/mol. The van der Waals surface area contributed by atoms with E-state index in [0.717, 1.165) is 40.0 Å². The topological polar surface area (TPSA) is 58.5 Å². The van der Waals surface area contributed by atoms with E-state index in [2.05, 4.69) is 26.7 Å². The normalized spacial score (nSPS) is 12.1. The molecule has 0 saturated heterocycles. The van der Waals surface area contributed by atoms with Crippen LogP contribution in [0.1, 0.15) is 28.8 Å². The lowest BCUT2D eigenvalue weighted by Gasteiger charge is -2.12. The highest BCUT2D eigenvalue weighted by molar-refractivity contribution is 7.09. The number of halogens is 3. The second-order valence-corrected chi connectivity index (χ2v) is 7.06. The molecule has 1 heterocycles. The van der Waals surface area contributed by atoms with Gasteiger partial charge in [-0.15, -0.1) is 11.3 Å². The molecule has 0 radical (unpaired) electrons. The van der Waals surface area contributed by atoms with Crippen molar-refractivity contribution in [2.24, 2.45) is 4.99 Å². The number of hydrogen-bond acceptors (Lipinski definition) is 4. The van der Waals surface area contributed by atoms with Crippen LogP contribution in [0.3, 0.4) is 0 Å². The van der Waals surface area contributed by atoms with E-state index in [1.165, 1.54) is 0 Å². The molecule has 0 atom stereocenters. The van der Waals surface area contributed by atoms with Crippen molar-refractivity contribution in [3.63, 3.8) is 0 Å². The van der Waals surface area contributed by atoms with Crippen LogP contribution in [0.25, 0.3) is 0 Å². The van der Waals surface area contributed by atoms with Gasteiger partial charge in [-0.05, 0) is 37.5 Å². The summed E-state index contributed by atoms with van der Waals surface area (Å²) in [5.74, 6) is 1.49. The molecule has 0 aliphatic rings. The molecular formula is C19H25F3N4OS. The molecule has 2 aromatic rings. The number of alkyl halides is 3. The molecule has 0 amide bonds. The molecule has 0 saturated carbocycles. The Kier molecular flexibility index (Phi) is 8.10. The smallest absolute Gasteiger partial charge is 0.434 e. The van der Waals surface area contributed by atoms with Gasteiger partial charge >= 0.3 is 6.18 Å². The molecule has 2 rings (SSSR count). The van der Waals surface area contributed by atoms with E-state index in [4.69, 9.17) is 4.74 Å². The van der Waals surface area contributed by atoms with Gasteiger partial charge in [0, 0.05) is 31.4 Å². The van der Waals surface area contributed by atoms with Crippen molar-refractivity contribution in [1.82, 2.24) is 15.6 Å². The number of nitrogens with one attached hydrogen (secondary N) is 2. The van der Waals surface area contributed by atoms with Crippen LogP contribution in [-0.2, 0) is 19.0 Å². The van der Waals surface area contributed by atoms with E-state index < -0.39 is 11.9 Å². The Labute approximate surface area is 167 Å². The molecule has 0 bridgehead atoms. The van der Waals surface area contributed by atoms with Gasteiger partial charge in [-0.3, -0.25) is 4.99 Å². The molecule has 1 aromatic heterocycles. The van der Waals surface area contributed by atoms with Crippen molar-refractivity contribution < 1.29 is 17.9 Å². The van der Waals surface area contributed by atoms with Crippen LogP contribution in [0.2, 0.25) is 0 Å². The molecule has 154 valence electrons. The first-order valence-electron chi connectivity index (χ1n) is 9.00. The summed E-state index contributed by atoms with van der Waals surface area (Å²) in [6, 6.07) is 6.10. The van der Waals surface area contributed by atoms with Crippen molar-refractivity contribution in [3.8, 4) is 5.75 Å². The van der Waals surface area contributed by atoms with Crippen molar-refractivity contribution in [1.29, 1.82) is 0 Å². The first-order valence-corrected chi connectivity index (χ1v) is 9.88. The van der Waals surface area contributed by atoms with Crippen LogP contribution in [0.4, 0.5) is 13.2 Å². The summed E-state index contributed by atoms with van der Waals surface area (Å²) >= 11 is 1.01. The molecule has 0 fully saturated rings. The summed E-state index contributed by atoms with van der Waals surface area (Å²) in [4.78, 5) is 8.04. The highest BCUT2D eigenvalue weighted by Gasteiger charge is 2.33. The summed E-state index contributed by atoms with van der Waals surface area (Å²) in [6.07, 6.45) is -3.23. The highest BCUT2D eigenvalue weighted by atomic mass is 32.1. The second kappa shape index (κ2) is 10.3. The predicted molar refractivity (Wildman–Crippen MR) is 106 cm³/mol. The Morgan fingerprint density at radius 1 is 1.25 bits per heavy atom. The Hall–Kier alpha value is -2.29. The number of rotatable bonds is 8. The number of hydrogen-bond donors (Lipinski definition) is 2. The van der Waals surface area contributed by atoms with Crippen LogP contribution in [0.15, 0.2) is 28.6 Å². The number of benzene rings is 1. The van der Waals surface area contributed by atoms with Gasteiger partial charge in [0.1, 0.15) is 5.75 Å². The van der Waals surface area contributed by atoms with Crippen molar-refractivity contribution in [2.75, 3.05) is 26.7 Å². The van der Waals surface area contributed by atoms with Crippen LogP contribution >= 0.6 is 11.3 Å². The third-order valence-corrected chi connectivity index (χ3v) is 4.87. The van der Waals surface area contributed by atoms with E-state index in [9.17, 15) is 13.2 Å². The minimum atomic E-state index is -4.40. The highest BCUT2D eigenvalue weighted by Crippen LogP contribution is 2.30. The van der Waals surface area contributed by atoms with Gasteiger partial charge in [0.05, 0.1) is 12.1 Å². The summed E-state index contributed by atoms with van der Waals surface area (Å²) < 4.78 is 43.1. The standard InChI is InChI=1S/C19H25F3N4OS/c1-4-23-18(24-9-7-14-6-5-13(2)15(11-14)27-3)25-10-8-17-26-16(12-28-17)19(20,21)22/h5-6,11-12H,4,7-10H2,1-3H3,(H2,23,24,25). The molecule has 9 heteroatoms. The van der Waals surface area contributed by atoms with E-state index in [1.54, 1.807) is 7.11 Å². The number of aliphatic imine (C=N–C) groups is 1. The summed E-state index contributed by atoms with van der Waals surface area (Å²) in [6.45, 7) is 5.68. The fraction of sp³-hybridized carbons (Fsp3) is 0.474. The number of guanidine groups is 1. The van der Waals surface area contributed by atoms with Gasteiger partial charge in [-0.1, -0.05) is 12.1 Å². The third kappa shape index (κ3) is 6.70. The molecule has 0 unspecified atom stereocenters. The number of thiazole rings is 1. The fourth-order valence-corrected chi connectivity index (χ4v) is 3.30. The Morgan fingerprint density at radius 2 is 2.04 bits per heavy atom. The maximum Gasteiger partial charge on any atom is 0.434 e. The minimum Gasteiger partial charge on any atom is -0.496 e. The SMILES string of the molecule is CCNC(=NCCc1nc(C(F)(F)F)cs1)NCCc1ccc(C)c(OC)c1. The summed E-state index contributed by atoms with van der Waals surface area (Å²) in [7, 11) is 1.65. The fourth-order valence-electron chi connectivity index (χ4n) is 2.51. The summed E-state index contributed by atoms with van der Waals surface area (Å²) in [5.41, 5.74) is 1.40. The Balaban J connectivity index is 1.85. The summed E-state index contributed by atoms with van der Waals surface area (Å²) in [5, 5.41) is 7.84. The maximum absolute atomic E-state index is 12.6. The first-order chi connectivity index (χ1) is 13.3. The van der Waals surface area contributed by atoms with Crippen LogP contribution in [0, 0.1) is 6.92 Å². The zero-order valence-corrected chi connectivity index (χ0v) is 17.0. The molecule has 2 N–H and O–H groups in total. The molecule has 0 aliphatic heterocycles. The Bertz CT molecular complexity index is 790. The second-order valence-electron chi connectivity index (χ2n) is 6.12. The molecule has 28 heavy (non-hydrogen) atoms. The maximum atomic E-state index is 12.6. The van der Waals surface area contributed by atoms with Gasteiger partial charge in [0.25, 0.3) is 0 Å². The van der Waals surface area contributed by atoms with E-state index in [0.29, 0.717) is 37.0 Å². The first kappa shape index (κ1) is 22.0. The lowest BCUT2D eigenvalue weighted by atomic mass is 10.1. The zero-order chi connectivity index (χ0) is 20.6. The molecule has 0 spiro atoms. The van der Waals surface area contributed by atoms with Gasteiger partial charge in [-0.2, -0.15) is 13.2 Å². The van der Waals surface area contributed by atoms with E-state index in [1.807, 2.05) is 26.0 Å². The average Bonchev–Trinajstić information content (AvgIpc) is 3.12. The van der Waals surface area contributed by atoms with E-state index in [-0.39, 0.29) is 0 Å². The third-order valence-electron chi connectivity index (χ3n) is 3.96. The largest absolute Gasteiger partial charge is 0.496 e.